The average molecular weight is 257 g/mol. The molecule has 0 aliphatic heterocycles. The minimum Gasteiger partial charge on any atom is -0.395 e. The topological polar surface area (TPSA) is 65.5 Å². The van der Waals surface area contributed by atoms with Gasteiger partial charge < -0.3 is 15.3 Å². The number of carbonyl (C=O) groups excluding carboxylic acids is 1. The highest BCUT2D eigenvalue weighted by Gasteiger charge is 2.11. The molecule has 0 aliphatic rings. The maximum absolute atomic E-state index is 11.8. The SMILES string of the molecule is CCCN(CCO)C(=O)NCc1cnc(C)s1. The van der Waals surface area contributed by atoms with Gasteiger partial charge in [0.05, 0.1) is 18.2 Å². The van der Waals surface area contributed by atoms with Crippen molar-refractivity contribution in [2.24, 2.45) is 0 Å². The van der Waals surface area contributed by atoms with Crippen molar-refractivity contribution in [3.05, 3.63) is 16.1 Å². The number of amides is 2. The van der Waals surface area contributed by atoms with Gasteiger partial charge in [-0.25, -0.2) is 9.78 Å². The van der Waals surface area contributed by atoms with Crippen LogP contribution in [0, 0.1) is 6.92 Å². The van der Waals surface area contributed by atoms with Gasteiger partial charge in [-0.15, -0.1) is 11.3 Å². The lowest BCUT2D eigenvalue weighted by Crippen LogP contribution is -2.41. The number of urea groups is 1. The molecule has 0 bridgehead atoms. The number of rotatable bonds is 6. The minimum absolute atomic E-state index is 0.00686. The molecule has 0 fully saturated rings. The largest absolute Gasteiger partial charge is 0.395 e. The Labute approximate surface area is 105 Å². The van der Waals surface area contributed by atoms with E-state index in [4.69, 9.17) is 5.11 Å². The fraction of sp³-hybridized carbons (Fsp3) is 0.636. The summed E-state index contributed by atoms with van der Waals surface area (Å²) in [6.45, 7) is 5.47. The van der Waals surface area contributed by atoms with Crippen LogP contribution in [0.5, 0.6) is 0 Å². The van der Waals surface area contributed by atoms with Crippen molar-refractivity contribution in [2.75, 3.05) is 19.7 Å². The van der Waals surface area contributed by atoms with E-state index in [2.05, 4.69) is 10.3 Å². The first-order valence-corrected chi connectivity index (χ1v) is 6.54. The second-order valence-corrected chi connectivity index (χ2v) is 5.03. The molecule has 0 saturated heterocycles. The first-order chi connectivity index (χ1) is 8.17. The molecule has 1 heterocycles. The van der Waals surface area contributed by atoms with Gasteiger partial charge in [-0.1, -0.05) is 6.92 Å². The smallest absolute Gasteiger partial charge is 0.317 e. The maximum Gasteiger partial charge on any atom is 0.317 e. The number of nitrogens with zero attached hydrogens (tertiary/aromatic N) is 2. The maximum atomic E-state index is 11.8. The number of hydrogen-bond donors (Lipinski definition) is 2. The van der Waals surface area contributed by atoms with Gasteiger partial charge in [-0.2, -0.15) is 0 Å². The third-order valence-corrected chi connectivity index (χ3v) is 3.15. The molecular formula is C11H19N3O2S. The van der Waals surface area contributed by atoms with E-state index < -0.39 is 0 Å². The molecule has 0 aliphatic carbocycles. The van der Waals surface area contributed by atoms with Gasteiger partial charge in [0.15, 0.2) is 0 Å². The Morgan fingerprint density at radius 2 is 2.35 bits per heavy atom. The van der Waals surface area contributed by atoms with Crippen LogP contribution in [0.1, 0.15) is 23.2 Å². The van der Waals surface area contributed by atoms with Crippen molar-refractivity contribution in [3.63, 3.8) is 0 Å². The van der Waals surface area contributed by atoms with Crippen LogP contribution in [-0.2, 0) is 6.54 Å². The van der Waals surface area contributed by atoms with Gasteiger partial charge in [0, 0.05) is 24.2 Å². The van der Waals surface area contributed by atoms with Crippen molar-refractivity contribution < 1.29 is 9.90 Å². The van der Waals surface area contributed by atoms with Crippen LogP contribution < -0.4 is 5.32 Å². The number of carbonyl (C=O) groups is 1. The molecule has 2 amide bonds. The summed E-state index contributed by atoms with van der Waals surface area (Å²) < 4.78 is 0. The van der Waals surface area contributed by atoms with Crippen LogP contribution in [-0.4, -0.2) is 40.7 Å². The van der Waals surface area contributed by atoms with E-state index >= 15 is 0 Å². The van der Waals surface area contributed by atoms with Crippen molar-refractivity contribution in [3.8, 4) is 0 Å². The highest BCUT2D eigenvalue weighted by atomic mass is 32.1. The van der Waals surface area contributed by atoms with Crippen LogP contribution in [0.2, 0.25) is 0 Å². The standard InChI is InChI=1S/C11H19N3O2S/c1-3-4-14(5-6-15)11(16)13-8-10-7-12-9(2)17-10/h7,15H,3-6,8H2,1-2H3,(H,13,16). The molecule has 0 unspecified atom stereocenters. The number of nitrogens with one attached hydrogen (secondary N) is 1. The molecule has 5 nitrogen and oxygen atoms in total. The van der Waals surface area contributed by atoms with Gasteiger partial charge in [-0.3, -0.25) is 0 Å². The number of aliphatic hydroxyl groups excluding tert-OH is 1. The van der Waals surface area contributed by atoms with Crippen molar-refractivity contribution in [2.45, 2.75) is 26.8 Å². The summed E-state index contributed by atoms with van der Waals surface area (Å²) in [5.41, 5.74) is 0. The van der Waals surface area contributed by atoms with E-state index in [1.54, 1.807) is 22.4 Å². The minimum atomic E-state index is -0.132. The summed E-state index contributed by atoms with van der Waals surface area (Å²) in [4.78, 5) is 18.6. The quantitative estimate of drug-likeness (QED) is 0.809. The number of aromatic nitrogens is 1. The molecule has 1 aromatic heterocycles. The molecule has 0 saturated carbocycles. The predicted molar refractivity (Wildman–Crippen MR) is 68.0 cm³/mol. The molecule has 17 heavy (non-hydrogen) atoms. The lowest BCUT2D eigenvalue weighted by atomic mass is 10.4. The zero-order valence-electron chi connectivity index (χ0n) is 10.3. The van der Waals surface area contributed by atoms with Crippen LogP contribution in [0.4, 0.5) is 4.79 Å². The van der Waals surface area contributed by atoms with Gasteiger partial charge in [0.1, 0.15) is 0 Å². The fourth-order valence-electron chi connectivity index (χ4n) is 1.47. The Kier molecular flexibility index (Phi) is 5.93. The molecule has 1 rings (SSSR count). The number of hydrogen-bond acceptors (Lipinski definition) is 4. The molecule has 0 atom stereocenters. The summed E-state index contributed by atoms with van der Waals surface area (Å²) in [5.74, 6) is 0. The van der Waals surface area contributed by atoms with E-state index in [1.807, 2.05) is 13.8 Å². The molecular weight excluding hydrogens is 238 g/mol. The summed E-state index contributed by atoms with van der Waals surface area (Å²) in [6.07, 6.45) is 2.66. The molecule has 96 valence electrons. The highest BCUT2D eigenvalue weighted by molar-refractivity contribution is 7.11. The second-order valence-electron chi connectivity index (χ2n) is 3.71. The first kappa shape index (κ1) is 13.9. The molecule has 6 heteroatoms. The highest BCUT2D eigenvalue weighted by Crippen LogP contribution is 2.10. The number of aliphatic hydroxyl groups is 1. The zero-order chi connectivity index (χ0) is 12.7. The lowest BCUT2D eigenvalue weighted by Gasteiger charge is -2.21. The van der Waals surface area contributed by atoms with Crippen LogP contribution in [0.25, 0.3) is 0 Å². The Morgan fingerprint density at radius 1 is 1.59 bits per heavy atom. The van der Waals surface area contributed by atoms with Crippen LogP contribution in [0.15, 0.2) is 6.20 Å². The van der Waals surface area contributed by atoms with Crippen molar-refractivity contribution in [1.29, 1.82) is 0 Å². The normalized spacial score (nSPS) is 10.3. The first-order valence-electron chi connectivity index (χ1n) is 5.72. The van der Waals surface area contributed by atoms with E-state index in [1.165, 1.54) is 0 Å². The van der Waals surface area contributed by atoms with E-state index in [0.29, 0.717) is 19.6 Å². The van der Waals surface area contributed by atoms with E-state index in [-0.39, 0.29) is 12.6 Å². The van der Waals surface area contributed by atoms with Crippen LogP contribution >= 0.6 is 11.3 Å². The predicted octanol–water partition coefficient (Wildman–Crippen LogP) is 1.37. The third kappa shape index (κ3) is 4.70. The van der Waals surface area contributed by atoms with E-state index in [9.17, 15) is 4.79 Å². The molecule has 2 N–H and O–H groups in total. The Hall–Kier alpha value is -1.14. The Balaban J connectivity index is 2.41. The molecule has 0 radical (unpaired) electrons. The number of aryl methyl sites for hydroxylation is 1. The summed E-state index contributed by atoms with van der Waals surface area (Å²) in [5, 5.41) is 12.7. The molecule has 0 spiro atoms. The molecule has 0 aromatic carbocycles. The fourth-order valence-corrected chi connectivity index (χ4v) is 2.20. The third-order valence-electron chi connectivity index (χ3n) is 2.23. The van der Waals surface area contributed by atoms with Gasteiger partial charge in [0.2, 0.25) is 0 Å². The van der Waals surface area contributed by atoms with Crippen LogP contribution in [0.3, 0.4) is 0 Å². The van der Waals surface area contributed by atoms with Gasteiger partial charge in [-0.05, 0) is 13.3 Å². The summed E-state index contributed by atoms with van der Waals surface area (Å²) >= 11 is 1.57. The second kappa shape index (κ2) is 7.24. The Bertz CT molecular complexity index is 348. The van der Waals surface area contributed by atoms with Crippen molar-refractivity contribution in [1.82, 2.24) is 15.2 Å². The Morgan fingerprint density at radius 3 is 2.88 bits per heavy atom. The monoisotopic (exact) mass is 257 g/mol. The average Bonchev–Trinajstić information content (AvgIpc) is 2.72. The van der Waals surface area contributed by atoms with Gasteiger partial charge >= 0.3 is 6.03 Å². The summed E-state index contributed by atoms with van der Waals surface area (Å²) in [6, 6.07) is -0.132. The van der Waals surface area contributed by atoms with E-state index in [0.717, 1.165) is 16.3 Å². The van der Waals surface area contributed by atoms with Gasteiger partial charge in [0.25, 0.3) is 0 Å². The lowest BCUT2D eigenvalue weighted by molar-refractivity contribution is 0.177. The zero-order valence-corrected chi connectivity index (χ0v) is 11.1. The molecule has 1 aromatic rings. The summed E-state index contributed by atoms with van der Waals surface area (Å²) in [7, 11) is 0. The van der Waals surface area contributed by atoms with Crippen molar-refractivity contribution >= 4 is 17.4 Å². The number of thiazole rings is 1.